The topological polar surface area (TPSA) is 3.24 Å². The first-order valence-electron chi connectivity index (χ1n) is 4.33. The molecule has 1 aliphatic rings. The molecule has 1 aliphatic heterocycles. The highest BCUT2D eigenvalue weighted by Crippen LogP contribution is 2.32. The Labute approximate surface area is 70.1 Å². The standard InChI is InChI=1S/C10H19N/c1-8-9(10(2,3)4)6-7-11(8)5/h6,8H,7H2,1-5H3/t8-/m1/s1. The van der Waals surface area contributed by atoms with Gasteiger partial charge in [-0.05, 0) is 19.4 Å². The fourth-order valence-corrected chi connectivity index (χ4v) is 1.74. The average molecular weight is 153 g/mol. The number of hydrogen-bond acceptors (Lipinski definition) is 1. The van der Waals surface area contributed by atoms with Crippen LogP contribution in [0.5, 0.6) is 0 Å². The molecule has 0 saturated carbocycles. The van der Waals surface area contributed by atoms with Crippen molar-refractivity contribution in [3.63, 3.8) is 0 Å². The maximum absolute atomic E-state index is 2.38. The molecule has 0 unspecified atom stereocenters. The van der Waals surface area contributed by atoms with Crippen LogP contribution in [0.25, 0.3) is 0 Å². The fourth-order valence-electron chi connectivity index (χ4n) is 1.74. The molecule has 0 aromatic rings. The van der Waals surface area contributed by atoms with Gasteiger partial charge in [-0.15, -0.1) is 0 Å². The minimum Gasteiger partial charge on any atom is -0.296 e. The predicted octanol–water partition coefficient (Wildman–Crippen LogP) is 2.29. The normalized spacial score (nSPS) is 27.4. The quantitative estimate of drug-likeness (QED) is 0.483. The monoisotopic (exact) mass is 153 g/mol. The fraction of sp³-hybridized carbons (Fsp3) is 0.800. The molecule has 0 spiro atoms. The van der Waals surface area contributed by atoms with Gasteiger partial charge in [0.15, 0.2) is 0 Å². The first-order chi connectivity index (χ1) is 4.93. The lowest BCUT2D eigenvalue weighted by Gasteiger charge is -2.27. The van der Waals surface area contributed by atoms with Gasteiger partial charge in [-0.1, -0.05) is 32.4 Å². The zero-order valence-corrected chi connectivity index (χ0v) is 8.31. The molecule has 0 aromatic heterocycles. The molecule has 0 aliphatic carbocycles. The molecule has 0 saturated heterocycles. The second kappa shape index (κ2) is 2.63. The van der Waals surface area contributed by atoms with Crippen LogP contribution in [0.2, 0.25) is 0 Å². The first-order valence-corrected chi connectivity index (χ1v) is 4.33. The maximum atomic E-state index is 2.38. The summed E-state index contributed by atoms with van der Waals surface area (Å²) >= 11 is 0. The summed E-state index contributed by atoms with van der Waals surface area (Å²) in [5, 5.41) is 0. The minimum atomic E-state index is 0.351. The summed E-state index contributed by atoms with van der Waals surface area (Å²) in [4.78, 5) is 2.38. The van der Waals surface area contributed by atoms with Crippen molar-refractivity contribution in [1.82, 2.24) is 4.90 Å². The largest absolute Gasteiger partial charge is 0.296 e. The second-order valence-electron chi connectivity index (χ2n) is 4.53. The van der Waals surface area contributed by atoms with Crippen LogP contribution in [-0.2, 0) is 0 Å². The van der Waals surface area contributed by atoms with E-state index in [1.807, 2.05) is 0 Å². The van der Waals surface area contributed by atoms with Crippen LogP contribution in [0.1, 0.15) is 27.7 Å². The van der Waals surface area contributed by atoms with Crippen molar-refractivity contribution in [3.8, 4) is 0 Å². The molecule has 0 amide bonds. The van der Waals surface area contributed by atoms with E-state index in [2.05, 4.69) is 45.7 Å². The Bertz CT molecular complexity index is 174. The number of likely N-dealkylation sites (N-methyl/N-ethyl adjacent to an activating group) is 1. The van der Waals surface area contributed by atoms with Crippen molar-refractivity contribution in [2.75, 3.05) is 13.6 Å². The van der Waals surface area contributed by atoms with Crippen LogP contribution >= 0.6 is 0 Å². The molecule has 64 valence electrons. The predicted molar refractivity (Wildman–Crippen MR) is 49.6 cm³/mol. The zero-order chi connectivity index (χ0) is 8.65. The lowest BCUT2D eigenvalue weighted by molar-refractivity contribution is 0.313. The SMILES string of the molecule is C[C@@H]1C(C(C)(C)C)=CCN1C. The summed E-state index contributed by atoms with van der Waals surface area (Å²) in [6.45, 7) is 10.3. The highest BCUT2D eigenvalue weighted by molar-refractivity contribution is 5.22. The summed E-state index contributed by atoms with van der Waals surface area (Å²) in [6.07, 6.45) is 2.37. The molecule has 1 nitrogen and oxygen atoms in total. The van der Waals surface area contributed by atoms with Crippen molar-refractivity contribution in [3.05, 3.63) is 11.6 Å². The van der Waals surface area contributed by atoms with E-state index in [4.69, 9.17) is 0 Å². The van der Waals surface area contributed by atoms with E-state index in [0.717, 1.165) is 6.54 Å². The van der Waals surface area contributed by atoms with Gasteiger partial charge in [-0.25, -0.2) is 0 Å². The molecule has 0 radical (unpaired) electrons. The third-order valence-electron chi connectivity index (χ3n) is 2.58. The summed E-state index contributed by atoms with van der Waals surface area (Å²) in [5.74, 6) is 0. The van der Waals surface area contributed by atoms with Crippen LogP contribution < -0.4 is 0 Å². The zero-order valence-electron chi connectivity index (χ0n) is 8.31. The van der Waals surface area contributed by atoms with Gasteiger partial charge in [0.25, 0.3) is 0 Å². The molecule has 1 heteroatoms. The lowest BCUT2D eigenvalue weighted by atomic mass is 9.83. The number of rotatable bonds is 0. The van der Waals surface area contributed by atoms with Gasteiger partial charge in [0.1, 0.15) is 0 Å². The van der Waals surface area contributed by atoms with Crippen molar-refractivity contribution in [2.24, 2.45) is 5.41 Å². The molecular weight excluding hydrogens is 134 g/mol. The molecular formula is C10H19N. The Morgan fingerprint density at radius 2 is 2.00 bits per heavy atom. The Kier molecular flexibility index (Phi) is 2.10. The van der Waals surface area contributed by atoms with Crippen molar-refractivity contribution in [2.45, 2.75) is 33.7 Å². The van der Waals surface area contributed by atoms with E-state index in [0.29, 0.717) is 11.5 Å². The van der Waals surface area contributed by atoms with E-state index < -0.39 is 0 Å². The molecule has 1 atom stereocenters. The van der Waals surface area contributed by atoms with Crippen molar-refractivity contribution >= 4 is 0 Å². The van der Waals surface area contributed by atoms with Gasteiger partial charge in [-0.3, -0.25) is 4.90 Å². The van der Waals surface area contributed by atoms with Crippen LogP contribution in [-0.4, -0.2) is 24.5 Å². The van der Waals surface area contributed by atoms with Crippen LogP contribution in [0.4, 0.5) is 0 Å². The van der Waals surface area contributed by atoms with Crippen molar-refractivity contribution in [1.29, 1.82) is 0 Å². The average Bonchev–Trinajstić information content (AvgIpc) is 2.11. The molecule has 1 heterocycles. The highest BCUT2D eigenvalue weighted by atomic mass is 15.1. The van der Waals surface area contributed by atoms with E-state index in [1.165, 1.54) is 0 Å². The van der Waals surface area contributed by atoms with Gasteiger partial charge in [0.2, 0.25) is 0 Å². The molecule has 0 fully saturated rings. The Morgan fingerprint density at radius 1 is 1.45 bits per heavy atom. The molecule has 0 N–H and O–H groups in total. The van der Waals surface area contributed by atoms with Gasteiger partial charge >= 0.3 is 0 Å². The molecule has 0 aromatic carbocycles. The summed E-state index contributed by atoms with van der Waals surface area (Å²) in [7, 11) is 2.18. The van der Waals surface area contributed by atoms with E-state index >= 15 is 0 Å². The first kappa shape index (κ1) is 8.79. The molecule has 0 bridgehead atoms. The van der Waals surface area contributed by atoms with E-state index in [1.54, 1.807) is 5.57 Å². The molecule has 1 rings (SSSR count). The lowest BCUT2D eigenvalue weighted by Crippen LogP contribution is -2.28. The van der Waals surface area contributed by atoms with Crippen LogP contribution in [0.3, 0.4) is 0 Å². The van der Waals surface area contributed by atoms with Crippen molar-refractivity contribution < 1.29 is 0 Å². The minimum absolute atomic E-state index is 0.351. The molecule has 11 heavy (non-hydrogen) atoms. The summed E-state index contributed by atoms with van der Waals surface area (Å²) in [5.41, 5.74) is 1.93. The van der Waals surface area contributed by atoms with Gasteiger partial charge < -0.3 is 0 Å². The second-order valence-corrected chi connectivity index (χ2v) is 4.53. The smallest absolute Gasteiger partial charge is 0.0285 e. The highest BCUT2D eigenvalue weighted by Gasteiger charge is 2.28. The Morgan fingerprint density at radius 3 is 2.18 bits per heavy atom. The summed E-state index contributed by atoms with van der Waals surface area (Å²) in [6, 6.07) is 0.634. The van der Waals surface area contributed by atoms with Gasteiger partial charge in [-0.2, -0.15) is 0 Å². The number of nitrogens with zero attached hydrogens (tertiary/aromatic N) is 1. The Hall–Kier alpha value is -0.300. The van der Waals surface area contributed by atoms with E-state index in [9.17, 15) is 0 Å². The van der Waals surface area contributed by atoms with Crippen LogP contribution in [0, 0.1) is 5.41 Å². The van der Waals surface area contributed by atoms with Crippen LogP contribution in [0.15, 0.2) is 11.6 Å². The van der Waals surface area contributed by atoms with Gasteiger partial charge in [0, 0.05) is 12.6 Å². The Balaban J connectivity index is 2.76. The third-order valence-corrected chi connectivity index (χ3v) is 2.58. The van der Waals surface area contributed by atoms with E-state index in [-0.39, 0.29) is 0 Å². The number of hydrogen-bond donors (Lipinski definition) is 0. The summed E-state index contributed by atoms with van der Waals surface area (Å²) < 4.78 is 0. The maximum Gasteiger partial charge on any atom is 0.0285 e. The van der Waals surface area contributed by atoms with Gasteiger partial charge in [0.05, 0.1) is 0 Å². The third kappa shape index (κ3) is 1.64.